The molecular formula is C24H28FN3O2. The summed E-state index contributed by atoms with van der Waals surface area (Å²) in [5, 5.41) is 11.1. The van der Waals surface area contributed by atoms with Crippen molar-refractivity contribution in [1.82, 2.24) is 9.47 Å². The van der Waals surface area contributed by atoms with Crippen LogP contribution in [0.25, 0.3) is 0 Å². The number of benzene rings is 2. The molecular weight excluding hydrogens is 381 g/mol. The summed E-state index contributed by atoms with van der Waals surface area (Å²) in [6.07, 6.45) is 2.03. The van der Waals surface area contributed by atoms with Crippen molar-refractivity contribution in [3.8, 4) is 0 Å². The van der Waals surface area contributed by atoms with Gasteiger partial charge in [0.15, 0.2) is 0 Å². The number of rotatable bonds is 9. The quantitative estimate of drug-likeness (QED) is 0.340. The van der Waals surface area contributed by atoms with Crippen molar-refractivity contribution >= 4 is 5.69 Å². The molecule has 1 unspecified atom stereocenters. The van der Waals surface area contributed by atoms with Crippen molar-refractivity contribution in [2.45, 2.75) is 46.4 Å². The van der Waals surface area contributed by atoms with Crippen molar-refractivity contribution in [2.75, 3.05) is 0 Å². The third-order valence-corrected chi connectivity index (χ3v) is 5.60. The number of nitrogens with zero attached hydrogens (tertiary/aromatic N) is 3. The lowest BCUT2D eigenvalue weighted by atomic mass is 10.0. The lowest BCUT2D eigenvalue weighted by Crippen LogP contribution is -2.36. The van der Waals surface area contributed by atoms with Gasteiger partial charge in [-0.2, -0.15) is 0 Å². The van der Waals surface area contributed by atoms with E-state index in [1.165, 1.54) is 18.2 Å². The Kier molecular flexibility index (Phi) is 7.00. The number of halogens is 1. The first kappa shape index (κ1) is 21.7. The number of nitro groups is 1. The van der Waals surface area contributed by atoms with Gasteiger partial charge in [0.1, 0.15) is 5.82 Å². The van der Waals surface area contributed by atoms with Crippen molar-refractivity contribution in [1.29, 1.82) is 0 Å². The Bertz CT molecular complexity index is 982. The van der Waals surface area contributed by atoms with Gasteiger partial charge >= 0.3 is 0 Å². The lowest BCUT2D eigenvalue weighted by Gasteiger charge is -2.32. The Balaban J connectivity index is 1.81. The summed E-state index contributed by atoms with van der Waals surface area (Å²) in [7, 11) is 0. The minimum Gasteiger partial charge on any atom is -0.346 e. The van der Waals surface area contributed by atoms with Crippen LogP contribution in [0, 0.1) is 21.8 Å². The van der Waals surface area contributed by atoms with Gasteiger partial charge < -0.3 is 4.57 Å². The maximum Gasteiger partial charge on any atom is 0.269 e. The first-order chi connectivity index (χ1) is 14.3. The molecule has 0 saturated carbocycles. The smallest absolute Gasteiger partial charge is 0.269 e. The molecule has 0 N–H and O–H groups in total. The summed E-state index contributed by atoms with van der Waals surface area (Å²) in [4.78, 5) is 13.1. The summed E-state index contributed by atoms with van der Waals surface area (Å²) in [5.74, 6) is 0.199. The summed E-state index contributed by atoms with van der Waals surface area (Å²) in [6.45, 7) is 8.57. The van der Waals surface area contributed by atoms with Crippen LogP contribution in [0.1, 0.15) is 37.6 Å². The fraction of sp³-hybridized carbons (Fsp3) is 0.333. The number of non-ortho nitro benzene ring substituents is 1. The van der Waals surface area contributed by atoms with E-state index >= 15 is 0 Å². The van der Waals surface area contributed by atoms with Crippen molar-refractivity contribution in [2.24, 2.45) is 5.92 Å². The second kappa shape index (κ2) is 9.67. The largest absolute Gasteiger partial charge is 0.346 e. The molecule has 6 heteroatoms. The minimum absolute atomic E-state index is 0.115. The van der Waals surface area contributed by atoms with Crippen LogP contribution in [0.5, 0.6) is 0 Å². The van der Waals surface area contributed by atoms with Gasteiger partial charge in [0.2, 0.25) is 0 Å². The molecule has 0 fully saturated rings. The number of nitro benzene ring substituents is 1. The van der Waals surface area contributed by atoms with Crippen LogP contribution in [0.3, 0.4) is 0 Å². The summed E-state index contributed by atoms with van der Waals surface area (Å²) in [6, 6.07) is 17.8. The normalized spacial score (nSPS) is 12.5. The van der Waals surface area contributed by atoms with Gasteiger partial charge in [-0.3, -0.25) is 15.0 Å². The fourth-order valence-corrected chi connectivity index (χ4v) is 3.51. The molecule has 1 heterocycles. The molecule has 1 aromatic heterocycles. The second-order valence-electron chi connectivity index (χ2n) is 8.07. The maximum atomic E-state index is 13.2. The standard InChI is InChI=1S/C24H28FN3O2/c1-18(2)19(3)27(16-21-6-4-7-23(14-21)28(29)30)17-24-8-5-13-26(24)15-20-9-11-22(25)12-10-20/h4-14,18-19H,15-17H2,1-3H3. The number of aromatic nitrogens is 1. The molecule has 0 saturated heterocycles. The average molecular weight is 410 g/mol. The van der Waals surface area contributed by atoms with E-state index in [1.54, 1.807) is 24.3 Å². The first-order valence-corrected chi connectivity index (χ1v) is 10.2. The van der Waals surface area contributed by atoms with Gasteiger partial charge in [-0.05, 0) is 48.2 Å². The van der Waals surface area contributed by atoms with Crippen LogP contribution >= 0.6 is 0 Å². The maximum absolute atomic E-state index is 13.2. The highest BCUT2D eigenvalue weighted by atomic mass is 19.1. The summed E-state index contributed by atoms with van der Waals surface area (Å²) in [5.41, 5.74) is 3.23. The van der Waals surface area contributed by atoms with Crippen LogP contribution in [-0.4, -0.2) is 20.4 Å². The SMILES string of the molecule is CC(C)C(C)N(Cc1cccc([N+](=O)[O-])c1)Cc1cccn1Cc1ccc(F)cc1. The van der Waals surface area contributed by atoms with Crippen LogP contribution in [0.2, 0.25) is 0 Å². The van der Waals surface area contributed by atoms with Crippen molar-refractivity contribution in [3.05, 3.63) is 99.6 Å². The Morgan fingerprint density at radius 3 is 2.40 bits per heavy atom. The van der Waals surface area contributed by atoms with E-state index in [0.29, 0.717) is 25.0 Å². The van der Waals surface area contributed by atoms with Gasteiger partial charge in [0.25, 0.3) is 5.69 Å². The zero-order valence-electron chi connectivity index (χ0n) is 17.7. The van der Waals surface area contributed by atoms with Gasteiger partial charge in [0, 0.05) is 49.7 Å². The highest BCUT2D eigenvalue weighted by Crippen LogP contribution is 2.21. The molecule has 1 atom stereocenters. The molecule has 2 aromatic carbocycles. The zero-order valence-corrected chi connectivity index (χ0v) is 17.7. The number of hydrogen-bond donors (Lipinski definition) is 0. The molecule has 5 nitrogen and oxygen atoms in total. The van der Waals surface area contributed by atoms with E-state index < -0.39 is 0 Å². The second-order valence-corrected chi connectivity index (χ2v) is 8.07. The van der Waals surface area contributed by atoms with Gasteiger partial charge in [-0.15, -0.1) is 0 Å². The van der Waals surface area contributed by atoms with Crippen LogP contribution in [0.15, 0.2) is 66.9 Å². The Hall–Kier alpha value is -2.99. The highest BCUT2D eigenvalue weighted by Gasteiger charge is 2.20. The predicted molar refractivity (Wildman–Crippen MR) is 117 cm³/mol. The third kappa shape index (κ3) is 5.54. The Labute approximate surface area is 176 Å². The van der Waals surface area contributed by atoms with Crippen molar-refractivity contribution < 1.29 is 9.31 Å². The molecule has 30 heavy (non-hydrogen) atoms. The first-order valence-electron chi connectivity index (χ1n) is 10.2. The van der Waals surface area contributed by atoms with Gasteiger partial charge in [0.05, 0.1) is 4.92 Å². The Morgan fingerprint density at radius 1 is 1.00 bits per heavy atom. The third-order valence-electron chi connectivity index (χ3n) is 5.60. The molecule has 158 valence electrons. The molecule has 3 aromatic rings. The monoisotopic (exact) mass is 409 g/mol. The average Bonchev–Trinajstić information content (AvgIpc) is 3.15. The van der Waals surface area contributed by atoms with Gasteiger partial charge in [-0.1, -0.05) is 38.1 Å². The zero-order chi connectivity index (χ0) is 21.7. The van der Waals surface area contributed by atoms with E-state index in [4.69, 9.17) is 0 Å². The van der Waals surface area contributed by atoms with E-state index in [2.05, 4.69) is 36.3 Å². The summed E-state index contributed by atoms with van der Waals surface area (Å²) >= 11 is 0. The molecule has 0 amide bonds. The Morgan fingerprint density at radius 2 is 1.73 bits per heavy atom. The minimum atomic E-state index is -0.354. The molecule has 0 spiro atoms. The van der Waals surface area contributed by atoms with Crippen LogP contribution in [0.4, 0.5) is 10.1 Å². The predicted octanol–water partition coefficient (Wildman–Crippen LogP) is 5.63. The van der Waals surface area contributed by atoms with Gasteiger partial charge in [-0.25, -0.2) is 4.39 Å². The van der Waals surface area contributed by atoms with Crippen LogP contribution in [-0.2, 0) is 19.6 Å². The van der Waals surface area contributed by atoms with E-state index in [-0.39, 0.29) is 16.4 Å². The topological polar surface area (TPSA) is 51.3 Å². The summed E-state index contributed by atoms with van der Waals surface area (Å²) < 4.78 is 15.4. The fourth-order valence-electron chi connectivity index (χ4n) is 3.51. The van der Waals surface area contributed by atoms with Crippen LogP contribution < -0.4 is 0 Å². The lowest BCUT2D eigenvalue weighted by molar-refractivity contribution is -0.384. The molecule has 3 rings (SSSR count). The molecule has 0 aliphatic rings. The highest BCUT2D eigenvalue weighted by molar-refractivity contribution is 5.34. The van der Waals surface area contributed by atoms with E-state index in [9.17, 15) is 14.5 Å². The van der Waals surface area contributed by atoms with E-state index in [0.717, 1.165) is 23.4 Å². The molecule has 0 radical (unpaired) electrons. The number of hydrogen-bond acceptors (Lipinski definition) is 3. The molecule has 0 bridgehead atoms. The van der Waals surface area contributed by atoms with Crippen molar-refractivity contribution in [3.63, 3.8) is 0 Å². The molecule has 0 aliphatic heterocycles. The van der Waals surface area contributed by atoms with E-state index in [1.807, 2.05) is 18.3 Å². The molecule has 0 aliphatic carbocycles.